The summed E-state index contributed by atoms with van der Waals surface area (Å²) in [6.45, 7) is 0. The van der Waals surface area contributed by atoms with Crippen molar-refractivity contribution in [1.82, 2.24) is 9.78 Å². The molecule has 0 aliphatic carbocycles. The van der Waals surface area contributed by atoms with Crippen LogP contribution < -0.4 is 5.56 Å². The highest BCUT2D eigenvalue weighted by molar-refractivity contribution is 6.31. The van der Waals surface area contributed by atoms with Crippen LogP contribution in [0.15, 0.2) is 47.3 Å². The van der Waals surface area contributed by atoms with Crippen LogP contribution in [0.1, 0.15) is 0 Å². The molecular formula is C13H8ClN3O3. The molecule has 1 aromatic heterocycles. The largest absolute Gasteiger partial charge is 0.272 e. The maximum atomic E-state index is 11.8. The molecule has 1 N–H and O–H groups in total. The molecule has 20 heavy (non-hydrogen) atoms. The van der Waals surface area contributed by atoms with Crippen LogP contribution in [0.5, 0.6) is 0 Å². The number of non-ortho nitro benzene ring substituents is 1. The number of hydrogen-bond acceptors (Lipinski definition) is 3. The topological polar surface area (TPSA) is 80.9 Å². The van der Waals surface area contributed by atoms with Crippen molar-refractivity contribution in [2.45, 2.75) is 0 Å². The minimum atomic E-state index is -0.475. The first-order chi connectivity index (χ1) is 9.56. The molecule has 0 saturated heterocycles. The van der Waals surface area contributed by atoms with Crippen molar-refractivity contribution in [3.63, 3.8) is 0 Å². The zero-order valence-corrected chi connectivity index (χ0v) is 10.8. The van der Waals surface area contributed by atoms with Gasteiger partial charge in [0.05, 0.1) is 21.5 Å². The number of halogens is 1. The normalized spacial score (nSPS) is 10.8. The van der Waals surface area contributed by atoms with E-state index >= 15 is 0 Å². The number of nitro groups is 1. The molecule has 0 spiro atoms. The summed E-state index contributed by atoms with van der Waals surface area (Å²) in [5.74, 6) is 0. The second kappa shape index (κ2) is 4.50. The molecule has 0 atom stereocenters. The SMILES string of the molecule is O=c1[nH]n(-c2ccc([N+](=O)[O-])cc2)c2cc(Cl)ccc12. The summed E-state index contributed by atoms with van der Waals surface area (Å²) < 4.78 is 1.55. The maximum Gasteiger partial charge on any atom is 0.272 e. The van der Waals surface area contributed by atoms with E-state index in [0.29, 0.717) is 21.6 Å². The Morgan fingerprint density at radius 3 is 2.50 bits per heavy atom. The quantitative estimate of drug-likeness (QED) is 0.582. The van der Waals surface area contributed by atoms with E-state index in [4.69, 9.17) is 11.6 Å². The number of nitro benzene ring substituents is 1. The lowest BCUT2D eigenvalue weighted by Gasteiger charge is -2.04. The van der Waals surface area contributed by atoms with Gasteiger partial charge in [0.25, 0.3) is 11.2 Å². The minimum absolute atomic E-state index is 0.00871. The fourth-order valence-corrected chi connectivity index (χ4v) is 2.20. The van der Waals surface area contributed by atoms with Gasteiger partial charge >= 0.3 is 0 Å². The van der Waals surface area contributed by atoms with E-state index in [2.05, 4.69) is 5.10 Å². The number of fused-ring (bicyclic) bond motifs is 1. The molecule has 0 aliphatic rings. The highest BCUT2D eigenvalue weighted by Crippen LogP contribution is 2.21. The number of aromatic amines is 1. The first-order valence-electron chi connectivity index (χ1n) is 5.71. The van der Waals surface area contributed by atoms with Crippen molar-refractivity contribution in [2.24, 2.45) is 0 Å². The predicted octanol–water partition coefficient (Wildman–Crippen LogP) is 2.88. The molecule has 0 amide bonds. The van der Waals surface area contributed by atoms with E-state index < -0.39 is 4.92 Å². The highest BCUT2D eigenvalue weighted by Gasteiger charge is 2.10. The summed E-state index contributed by atoms with van der Waals surface area (Å²) in [5, 5.41) is 14.3. The fourth-order valence-electron chi connectivity index (χ4n) is 2.03. The molecule has 0 aliphatic heterocycles. The Hall–Kier alpha value is -2.60. The lowest BCUT2D eigenvalue weighted by atomic mass is 10.2. The molecule has 0 unspecified atom stereocenters. The molecule has 3 aromatic rings. The van der Waals surface area contributed by atoms with Crippen LogP contribution in [0.25, 0.3) is 16.6 Å². The standard InChI is InChI=1S/C13H8ClN3O3/c14-8-1-6-11-12(7-8)16(15-13(11)18)9-2-4-10(5-3-9)17(19)20/h1-7H,(H,15,18). The number of H-pyrrole nitrogens is 1. The van der Waals surface area contributed by atoms with E-state index in [0.717, 1.165) is 0 Å². The second-order valence-electron chi connectivity index (χ2n) is 4.21. The van der Waals surface area contributed by atoms with Crippen LogP contribution in [0.3, 0.4) is 0 Å². The van der Waals surface area contributed by atoms with Gasteiger partial charge in [-0.2, -0.15) is 0 Å². The first kappa shape index (κ1) is 12.4. The fraction of sp³-hybridized carbons (Fsp3) is 0. The molecule has 6 nitrogen and oxygen atoms in total. The van der Waals surface area contributed by atoms with Crippen LogP contribution in [0, 0.1) is 10.1 Å². The van der Waals surface area contributed by atoms with Crippen molar-refractivity contribution in [3.05, 3.63) is 68.0 Å². The molecule has 0 bridgehead atoms. The van der Waals surface area contributed by atoms with Gasteiger partial charge in [-0.3, -0.25) is 24.7 Å². The third-order valence-corrected chi connectivity index (χ3v) is 3.21. The second-order valence-corrected chi connectivity index (χ2v) is 4.65. The number of hydrogen-bond donors (Lipinski definition) is 1. The van der Waals surface area contributed by atoms with Crippen molar-refractivity contribution >= 4 is 28.2 Å². The van der Waals surface area contributed by atoms with E-state index in [1.165, 1.54) is 12.1 Å². The van der Waals surface area contributed by atoms with Crippen molar-refractivity contribution in [3.8, 4) is 5.69 Å². The average molecular weight is 290 g/mol. The minimum Gasteiger partial charge on any atom is -0.267 e. The van der Waals surface area contributed by atoms with Gasteiger partial charge in [-0.1, -0.05) is 11.6 Å². The van der Waals surface area contributed by atoms with Crippen molar-refractivity contribution < 1.29 is 4.92 Å². The molecule has 0 saturated carbocycles. The molecule has 3 rings (SSSR count). The lowest BCUT2D eigenvalue weighted by molar-refractivity contribution is -0.384. The summed E-state index contributed by atoms with van der Waals surface area (Å²) in [4.78, 5) is 22.0. The lowest BCUT2D eigenvalue weighted by Crippen LogP contribution is -2.03. The van der Waals surface area contributed by atoms with Gasteiger partial charge in [0, 0.05) is 17.2 Å². The molecule has 1 heterocycles. The zero-order chi connectivity index (χ0) is 14.3. The first-order valence-corrected chi connectivity index (χ1v) is 6.09. The van der Waals surface area contributed by atoms with E-state index in [1.807, 2.05) is 0 Å². The number of nitrogens with zero attached hydrogens (tertiary/aromatic N) is 2. The van der Waals surface area contributed by atoms with Crippen LogP contribution in [-0.2, 0) is 0 Å². The third kappa shape index (κ3) is 1.96. The maximum absolute atomic E-state index is 11.8. The number of nitrogens with one attached hydrogen (secondary N) is 1. The molecule has 2 aromatic carbocycles. The van der Waals surface area contributed by atoms with Gasteiger partial charge in [-0.25, -0.2) is 0 Å². The molecule has 100 valence electrons. The van der Waals surface area contributed by atoms with Crippen LogP contribution in [0.2, 0.25) is 5.02 Å². The number of aromatic nitrogens is 2. The summed E-state index contributed by atoms with van der Waals surface area (Å²) in [7, 11) is 0. The molecular weight excluding hydrogens is 282 g/mol. The molecule has 0 fully saturated rings. The summed E-state index contributed by atoms with van der Waals surface area (Å²) in [5.41, 5.74) is 0.988. The number of rotatable bonds is 2. The Kier molecular flexibility index (Phi) is 2.80. The highest BCUT2D eigenvalue weighted by atomic mass is 35.5. The Morgan fingerprint density at radius 2 is 1.85 bits per heavy atom. The van der Waals surface area contributed by atoms with Gasteiger partial charge in [-0.15, -0.1) is 0 Å². The average Bonchev–Trinajstić information content (AvgIpc) is 2.75. The summed E-state index contributed by atoms with van der Waals surface area (Å²) in [6.07, 6.45) is 0. The Morgan fingerprint density at radius 1 is 1.15 bits per heavy atom. The van der Waals surface area contributed by atoms with E-state index in [-0.39, 0.29) is 11.2 Å². The number of benzene rings is 2. The summed E-state index contributed by atoms with van der Waals surface area (Å²) in [6, 6.07) is 10.8. The Labute approximate surface area is 117 Å². The van der Waals surface area contributed by atoms with E-state index in [9.17, 15) is 14.9 Å². The monoisotopic (exact) mass is 289 g/mol. The van der Waals surface area contributed by atoms with Gasteiger partial charge in [0.15, 0.2) is 0 Å². The molecule has 0 radical (unpaired) electrons. The van der Waals surface area contributed by atoms with Crippen LogP contribution in [-0.4, -0.2) is 14.7 Å². The van der Waals surface area contributed by atoms with Crippen LogP contribution in [0.4, 0.5) is 5.69 Å². The Bertz CT molecular complexity index is 865. The smallest absolute Gasteiger partial charge is 0.267 e. The van der Waals surface area contributed by atoms with E-state index in [1.54, 1.807) is 35.0 Å². The van der Waals surface area contributed by atoms with Crippen LogP contribution >= 0.6 is 11.6 Å². The van der Waals surface area contributed by atoms with Gasteiger partial charge in [0.1, 0.15) is 0 Å². The van der Waals surface area contributed by atoms with Crippen molar-refractivity contribution in [2.75, 3.05) is 0 Å². The zero-order valence-electron chi connectivity index (χ0n) is 10.0. The third-order valence-electron chi connectivity index (χ3n) is 2.98. The summed E-state index contributed by atoms with van der Waals surface area (Å²) >= 11 is 5.94. The van der Waals surface area contributed by atoms with Gasteiger partial charge in [0.2, 0.25) is 0 Å². The molecule has 7 heteroatoms. The predicted molar refractivity (Wildman–Crippen MR) is 75.6 cm³/mol. The van der Waals surface area contributed by atoms with Gasteiger partial charge < -0.3 is 0 Å². The van der Waals surface area contributed by atoms with Crippen molar-refractivity contribution in [1.29, 1.82) is 0 Å². The Balaban J connectivity index is 2.21. The van der Waals surface area contributed by atoms with Gasteiger partial charge in [-0.05, 0) is 30.3 Å².